The van der Waals surface area contributed by atoms with Gasteiger partial charge in [-0.15, -0.1) is 0 Å². The van der Waals surface area contributed by atoms with Crippen LogP contribution in [0.25, 0.3) is 0 Å². The molecule has 0 aromatic heterocycles. The van der Waals surface area contributed by atoms with Crippen LogP contribution in [0.2, 0.25) is 0 Å². The summed E-state index contributed by atoms with van der Waals surface area (Å²) in [7, 11) is -5.12. The van der Waals surface area contributed by atoms with Gasteiger partial charge in [0.15, 0.2) is 22.1 Å². The number of para-hydroxylation sites is 1. The molecule has 1 atom stereocenters. The molecule has 30 heavy (non-hydrogen) atoms. The summed E-state index contributed by atoms with van der Waals surface area (Å²) in [6, 6.07) is 5.95. The van der Waals surface area contributed by atoms with Gasteiger partial charge in [-0.3, -0.25) is 14.9 Å². The fraction of sp³-hybridized carbons (Fsp3) is 0.235. The van der Waals surface area contributed by atoms with Crippen LogP contribution in [0.5, 0.6) is 0 Å². The number of alkyl halides is 2. The molecule has 0 spiro atoms. The number of carbonyl (C=O) groups excluding carboxylic acids is 1. The van der Waals surface area contributed by atoms with Crippen LogP contribution in [-0.2, 0) is 25.1 Å². The lowest BCUT2D eigenvalue weighted by atomic mass is 9.91. The molecule has 0 amide bonds. The van der Waals surface area contributed by atoms with Crippen LogP contribution in [0, 0.1) is 21.7 Å². The average molecular weight is 450 g/mol. The number of esters is 1. The molecule has 0 aliphatic heterocycles. The quantitative estimate of drug-likeness (QED) is 0.286. The van der Waals surface area contributed by atoms with Crippen molar-refractivity contribution in [2.24, 2.45) is 0 Å². The Morgan fingerprint density at radius 1 is 1.20 bits per heavy atom. The number of carbonyl (C=O) groups is 1. The third-order valence-electron chi connectivity index (χ3n) is 3.98. The number of hydrogen-bond donors (Lipinski definition) is 1. The second-order valence-electron chi connectivity index (χ2n) is 5.98. The highest BCUT2D eigenvalue weighted by molar-refractivity contribution is 7.89. The van der Waals surface area contributed by atoms with Gasteiger partial charge in [-0.1, -0.05) is 24.3 Å². The van der Waals surface area contributed by atoms with E-state index in [2.05, 4.69) is 4.74 Å². The van der Waals surface area contributed by atoms with Crippen LogP contribution >= 0.6 is 0 Å². The highest BCUT2D eigenvalue weighted by atomic mass is 32.2. The fourth-order valence-corrected chi connectivity index (χ4v) is 4.10. The number of sulfonamides is 1. The predicted octanol–water partition coefficient (Wildman–Crippen LogP) is 2.88. The van der Waals surface area contributed by atoms with Gasteiger partial charge in [0.05, 0.1) is 4.92 Å². The van der Waals surface area contributed by atoms with Crippen LogP contribution in [0.3, 0.4) is 0 Å². The van der Waals surface area contributed by atoms with E-state index >= 15 is 0 Å². The molecule has 0 saturated carbocycles. The van der Waals surface area contributed by atoms with Gasteiger partial charge in [-0.2, -0.15) is 4.72 Å². The zero-order valence-corrected chi connectivity index (χ0v) is 16.0. The van der Waals surface area contributed by atoms with Crippen molar-refractivity contribution in [1.82, 2.24) is 4.72 Å². The van der Waals surface area contributed by atoms with E-state index in [1.165, 1.54) is 4.72 Å². The van der Waals surface area contributed by atoms with Crippen LogP contribution in [0.4, 0.5) is 23.2 Å². The Labute approximate surface area is 167 Å². The smallest absolute Gasteiger partial charge is 0.302 e. The van der Waals surface area contributed by atoms with E-state index in [0.717, 1.165) is 37.3 Å². The zero-order chi connectivity index (χ0) is 22.7. The molecule has 0 unspecified atom stereocenters. The number of ether oxygens (including phenoxy) is 1. The lowest BCUT2D eigenvalue weighted by Crippen LogP contribution is -2.55. The summed E-state index contributed by atoms with van der Waals surface area (Å²) in [4.78, 5) is 20.2. The molecule has 2 aromatic carbocycles. The molecule has 0 aliphatic rings. The van der Waals surface area contributed by atoms with Gasteiger partial charge in [0, 0.05) is 18.6 Å². The minimum atomic E-state index is -5.12. The van der Waals surface area contributed by atoms with Gasteiger partial charge < -0.3 is 4.74 Å². The number of nitro benzene ring substituents is 1. The summed E-state index contributed by atoms with van der Waals surface area (Å²) in [5, 5.41) is 11.1. The first-order valence-corrected chi connectivity index (χ1v) is 9.54. The van der Waals surface area contributed by atoms with Crippen molar-refractivity contribution >= 4 is 21.7 Å². The molecule has 8 nitrogen and oxygen atoms in total. The number of halogens is 4. The van der Waals surface area contributed by atoms with Crippen LogP contribution in [0.1, 0.15) is 12.5 Å². The van der Waals surface area contributed by atoms with E-state index in [1.807, 2.05) is 0 Å². The van der Waals surface area contributed by atoms with Crippen molar-refractivity contribution in [2.75, 3.05) is 6.61 Å². The molecule has 0 saturated heterocycles. The third kappa shape index (κ3) is 4.57. The second-order valence-corrected chi connectivity index (χ2v) is 7.63. The van der Waals surface area contributed by atoms with Gasteiger partial charge in [0.2, 0.25) is 10.0 Å². The maximum Gasteiger partial charge on any atom is 0.302 e. The zero-order valence-electron chi connectivity index (χ0n) is 15.1. The molecule has 13 heteroatoms. The molecular formula is C17H14F4N2O6S. The van der Waals surface area contributed by atoms with Crippen molar-refractivity contribution < 1.29 is 40.4 Å². The average Bonchev–Trinajstić information content (AvgIpc) is 2.67. The molecule has 2 rings (SSSR count). The molecule has 1 N–H and O–H groups in total. The molecule has 0 radical (unpaired) electrons. The van der Waals surface area contributed by atoms with Crippen molar-refractivity contribution in [2.45, 2.75) is 23.8 Å². The Morgan fingerprint density at radius 2 is 1.83 bits per heavy atom. The highest BCUT2D eigenvalue weighted by Crippen LogP contribution is 2.35. The van der Waals surface area contributed by atoms with E-state index in [4.69, 9.17) is 0 Å². The van der Waals surface area contributed by atoms with E-state index < -0.39 is 67.3 Å². The standard InChI is InChI=1S/C17H14F4N2O6S/c1-10(24)29-9-17(16(20)21,11-5-4-6-12(18)15(11)19)22-30(27,28)14-8-3-2-7-13(14)23(25)26/h2-8,16,22H,9H2,1H3/t17-/m0/s1. The Balaban J connectivity index is 2.73. The summed E-state index contributed by atoms with van der Waals surface area (Å²) in [5.41, 5.74) is -5.37. The third-order valence-corrected chi connectivity index (χ3v) is 5.53. The summed E-state index contributed by atoms with van der Waals surface area (Å²) in [5.74, 6) is -4.48. The summed E-state index contributed by atoms with van der Waals surface area (Å²) < 4.78 is 88.0. The van der Waals surface area contributed by atoms with Gasteiger partial charge in [-0.25, -0.2) is 26.0 Å². The highest BCUT2D eigenvalue weighted by Gasteiger charge is 2.49. The minimum Gasteiger partial charge on any atom is -0.463 e. The van der Waals surface area contributed by atoms with E-state index in [-0.39, 0.29) is 0 Å². The number of hydrogen-bond acceptors (Lipinski definition) is 6. The number of benzene rings is 2. The van der Waals surface area contributed by atoms with E-state index in [9.17, 15) is 40.9 Å². The lowest BCUT2D eigenvalue weighted by Gasteiger charge is -2.33. The first-order chi connectivity index (χ1) is 13.9. The SMILES string of the molecule is CC(=O)OC[C@](NS(=O)(=O)c1ccccc1[N+](=O)[O-])(c1cccc(F)c1F)C(F)F. The number of nitrogens with one attached hydrogen (secondary N) is 1. The van der Waals surface area contributed by atoms with Gasteiger partial charge in [0.25, 0.3) is 12.1 Å². The Bertz CT molecular complexity index is 1080. The van der Waals surface area contributed by atoms with Crippen molar-refractivity contribution in [3.8, 4) is 0 Å². The second kappa shape index (κ2) is 8.75. The molecule has 0 bridgehead atoms. The van der Waals surface area contributed by atoms with Crippen LogP contribution < -0.4 is 4.72 Å². The number of nitro groups is 1. The first-order valence-electron chi connectivity index (χ1n) is 8.06. The molecular weight excluding hydrogens is 436 g/mol. The Morgan fingerprint density at radius 3 is 2.40 bits per heavy atom. The molecule has 162 valence electrons. The van der Waals surface area contributed by atoms with Crippen molar-refractivity contribution in [3.63, 3.8) is 0 Å². The van der Waals surface area contributed by atoms with Crippen LogP contribution in [0.15, 0.2) is 47.4 Å². The van der Waals surface area contributed by atoms with Gasteiger partial charge in [0.1, 0.15) is 6.61 Å². The monoisotopic (exact) mass is 450 g/mol. The van der Waals surface area contributed by atoms with Gasteiger partial charge >= 0.3 is 5.97 Å². The fourth-order valence-electron chi connectivity index (χ4n) is 2.58. The molecule has 0 fully saturated rings. The summed E-state index contributed by atoms with van der Waals surface area (Å²) in [6.07, 6.45) is -3.76. The van der Waals surface area contributed by atoms with E-state index in [0.29, 0.717) is 12.1 Å². The molecule has 0 aliphatic carbocycles. The predicted molar refractivity (Wildman–Crippen MR) is 94.1 cm³/mol. The lowest BCUT2D eigenvalue weighted by molar-refractivity contribution is -0.387. The topological polar surface area (TPSA) is 116 Å². The Kier molecular flexibility index (Phi) is 6.77. The Hall–Kier alpha value is -3.06. The number of nitrogens with zero attached hydrogens (tertiary/aromatic N) is 1. The largest absolute Gasteiger partial charge is 0.463 e. The maximum atomic E-state index is 14.4. The van der Waals surface area contributed by atoms with Crippen LogP contribution in [-0.4, -0.2) is 32.3 Å². The normalized spacial score (nSPS) is 13.7. The molecule has 2 aromatic rings. The summed E-state index contributed by atoms with van der Waals surface area (Å²) >= 11 is 0. The minimum absolute atomic E-state index is 0.609. The molecule has 0 heterocycles. The van der Waals surface area contributed by atoms with Crippen molar-refractivity contribution in [3.05, 3.63) is 69.8 Å². The van der Waals surface area contributed by atoms with E-state index in [1.54, 1.807) is 0 Å². The van der Waals surface area contributed by atoms with Gasteiger partial charge in [-0.05, 0) is 12.1 Å². The summed E-state index contributed by atoms with van der Waals surface area (Å²) in [6.45, 7) is -0.588. The maximum absolute atomic E-state index is 14.4. The van der Waals surface area contributed by atoms with Crippen molar-refractivity contribution in [1.29, 1.82) is 0 Å². The first kappa shape index (κ1) is 23.2. The number of rotatable bonds is 8.